The van der Waals surface area contributed by atoms with E-state index < -0.39 is 11.8 Å². The van der Waals surface area contributed by atoms with E-state index in [1.807, 2.05) is 27.7 Å². The highest BCUT2D eigenvalue weighted by molar-refractivity contribution is 8.14. The highest BCUT2D eigenvalue weighted by Gasteiger charge is 2.29. The van der Waals surface area contributed by atoms with Crippen molar-refractivity contribution in [1.29, 1.82) is 0 Å². The third-order valence-corrected chi connectivity index (χ3v) is 5.22. The van der Waals surface area contributed by atoms with Crippen LogP contribution in [0.4, 0.5) is 4.39 Å². The normalized spacial score (nSPS) is 10.8. The van der Waals surface area contributed by atoms with Gasteiger partial charge in [0.05, 0.1) is 29.1 Å². The number of aryl methyl sites for hydroxylation is 1. The van der Waals surface area contributed by atoms with Crippen LogP contribution in [0.1, 0.15) is 72.5 Å². The van der Waals surface area contributed by atoms with Gasteiger partial charge in [-0.05, 0) is 42.7 Å². The largest absolute Gasteiger partial charge is 0.462 e. The molecule has 1 aromatic heterocycles. The van der Waals surface area contributed by atoms with Crippen LogP contribution in [0.25, 0.3) is 11.3 Å². The van der Waals surface area contributed by atoms with Gasteiger partial charge in [0.25, 0.3) is 0 Å². The van der Waals surface area contributed by atoms with Crippen LogP contribution < -0.4 is 0 Å². The Labute approximate surface area is 176 Å². The molecule has 0 spiro atoms. The van der Waals surface area contributed by atoms with E-state index in [0.717, 1.165) is 6.42 Å². The van der Waals surface area contributed by atoms with E-state index >= 15 is 0 Å². The Morgan fingerprint density at radius 2 is 1.79 bits per heavy atom. The Morgan fingerprint density at radius 3 is 2.38 bits per heavy atom. The topological polar surface area (TPSA) is 56.3 Å². The Kier molecular flexibility index (Phi) is 8.83. The van der Waals surface area contributed by atoms with Crippen LogP contribution in [0.15, 0.2) is 24.3 Å². The first-order valence-electron chi connectivity index (χ1n) is 10.1. The van der Waals surface area contributed by atoms with Crippen molar-refractivity contribution in [3.05, 3.63) is 52.5 Å². The number of thioether (sulfide) groups is 1. The third-order valence-electron chi connectivity index (χ3n) is 4.46. The van der Waals surface area contributed by atoms with Crippen molar-refractivity contribution in [2.45, 2.75) is 53.4 Å². The van der Waals surface area contributed by atoms with Crippen molar-refractivity contribution in [2.75, 3.05) is 12.4 Å². The predicted molar refractivity (Wildman–Crippen MR) is 116 cm³/mol. The zero-order valence-electron chi connectivity index (χ0n) is 17.5. The molecule has 0 fully saturated rings. The third kappa shape index (κ3) is 5.24. The average Bonchev–Trinajstić information content (AvgIpc) is 2.71. The van der Waals surface area contributed by atoms with Gasteiger partial charge in [-0.25, -0.2) is 9.18 Å². The molecule has 4 nitrogen and oxygen atoms in total. The monoisotopic (exact) mass is 417 g/mol. The molecule has 0 aliphatic carbocycles. The van der Waals surface area contributed by atoms with Crippen molar-refractivity contribution in [3.63, 3.8) is 0 Å². The minimum atomic E-state index is -0.556. The molecule has 0 aliphatic rings. The number of pyridine rings is 1. The molecule has 6 heteroatoms. The molecule has 2 aromatic rings. The van der Waals surface area contributed by atoms with Crippen molar-refractivity contribution in [2.24, 2.45) is 0 Å². The summed E-state index contributed by atoms with van der Waals surface area (Å²) in [6, 6.07) is 6.25. The summed E-state index contributed by atoms with van der Waals surface area (Å²) in [5, 5.41) is -0.107. The lowest BCUT2D eigenvalue weighted by Crippen LogP contribution is -2.18. The van der Waals surface area contributed by atoms with Crippen LogP contribution >= 0.6 is 11.8 Å². The smallest absolute Gasteiger partial charge is 0.340 e. The number of nitrogens with zero attached hydrogens (tertiary/aromatic N) is 1. The zero-order chi connectivity index (χ0) is 21.4. The summed E-state index contributed by atoms with van der Waals surface area (Å²) in [7, 11) is 0. The Morgan fingerprint density at radius 1 is 1.07 bits per heavy atom. The standard InChI is InChI=1S/C23H28FNO3S/c1-5-11-16-19(23(27)29-8-4)18(7-3)25-21(15-12-9-10-13-17(15)24)20(16)22(26)28-14-6-2/h9-10,12-13H,5-8,11,14H2,1-4H3. The maximum atomic E-state index is 14.6. The van der Waals surface area contributed by atoms with Gasteiger partial charge in [-0.15, -0.1) is 0 Å². The SMILES string of the molecule is CCCOC(=O)c1c(-c2ccccc2F)nc(CC)c(C(=O)SCC)c1CCC. The molecule has 1 aromatic carbocycles. The van der Waals surface area contributed by atoms with Crippen LogP contribution in [0.3, 0.4) is 0 Å². The number of esters is 1. The second-order valence-electron chi connectivity index (χ2n) is 6.58. The fourth-order valence-electron chi connectivity index (χ4n) is 3.22. The first-order chi connectivity index (χ1) is 14.0. The van der Waals surface area contributed by atoms with Crippen LogP contribution in [0.2, 0.25) is 0 Å². The Balaban J connectivity index is 2.88. The molecule has 0 radical (unpaired) electrons. The van der Waals surface area contributed by atoms with E-state index in [0.29, 0.717) is 41.8 Å². The van der Waals surface area contributed by atoms with Crippen LogP contribution in [-0.4, -0.2) is 28.4 Å². The number of halogens is 1. The lowest BCUT2D eigenvalue weighted by atomic mass is 9.91. The summed E-state index contributed by atoms with van der Waals surface area (Å²) in [5.74, 6) is -0.395. The predicted octanol–water partition coefficient (Wildman–Crippen LogP) is 5.86. The number of aromatic nitrogens is 1. The molecule has 0 bridgehead atoms. The van der Waals surface area contributed by atoms with E-state index in [9.17, 15) is 14.0 Å². The maximum absolute atomic E-state index is 14.6. The first-order valence-corrected chi connectivity index (χ1v) is 11.1. The summed E-state index contributed by atoms with van der Waals surface area (Å²) in [6.07, 6.45) is 2.42. The minimum absolute atomic E-state index is 0.107. The van der Waals surface area contributed by atoms with Gasteiger partial charge in [0.1, 0.15) is 5.82 Å². The summed E-state index contributed by atoms with van der Waals surface area (Å²) in [6.45, 7) is 7.96. The summed E-state index contributed by atoms with van der Waals surface area (Å²) < 4.78 is 20.1. The van der Waals surface area contributed by atoms with Crippen LogP contribution in [0, 0.1) is 5.82 Å². The molecule has 2 rings (SSSR count). The fourth-order valence-corrected chi connectivity index (χ4v) is 3.87. The number of carbonyl (C=O) groups excluding carboxylic acids is 2. The summed E-state index contributed by atoms with van der Waals surface area (Å²) >= 11 is 1.19. The van der Waals surface area contributed by atoms with Gasteiger partial charge < -0.3 is 4.74 Å². The lowest BCUT2D eigenvalue weighted by molar-refractivity contribution is 0.0504. The van der Waals surface area contributed by atoms with Crippen molar-refractivity contribution >= 4 is 22.8 Å². The van der Waals surface area contributed by atoms with Gasteiger partial charge in [-0.2, -0.15) is 0 Å². The van der Waals surface area contributed by atoms with Crippen LogP contribution in [0.5, 0.6) is 0 Å². The lowest BCUT2D eigenvalue weighted by Gasteiger charge is -2.20. The van der Waals surface area contributed by atoms with Gasteiger partial charge >= 0.3 is 5.97 Å². The van der Waals surface area contributed by atoms with E-state index in [2.05, 4.69) is 4.98 Å². The van der Waals surface area contributed by atoms with E-state index in [1.54, 1.807) is 18.2 Å². The molecular weight excluding hydrogens is 389 g/mol. The van der Waals surface area contributed by atoms with Crippen molar-refractivity contribution < 1.29 is 18.7 Å². The molecule has 0 atom stereocenters. The zero-order valence-corrected chi connectivity index (χ0v) is 18.3. The number of benzene rings is 1. The van der Waals surface area contributed by atoms with E-state index in [1.165, 1.54) is 17.8 Å². The molecule has 156 valence electrons. The summed E-state index contributed by atoms with van der Waals surface area (Å²) in [4.78, 5) is 30.6. The van der Waals surface area contributed by atoms with Gasteiger partial charge in [0, 0.05) is 5.56 Å². The van der Waals surface area contributed by atoms with Gasteiger partial charge in [-0.3, -0.25) is 9.78 Å². The van der Waals surface area contributed by atoms with E-state index in [-0.39, 0.29) is 28.5 Å². The van der Waals surface area contributed by atoms with Crippen molar-refractivity contribution in [1.82, 2.24) is 4.98 Å². The highest BCUT2D eigenvalue weighted by atomic mass is 32.2. The number of rotatable bonds is 9. The van der Waals surface area contributed by atoms with E-state index in [4.69, 9.17) is 4.74 Å². The van der Waals surface area contributed by atoms with Gasteiger partial charge in [0.2, 0.25) is 5.12 Å². The van der Waals surface area contributed by atoms with Crippen molar-refractivity contribution in [3.8, 4) is 11.3 Å². The summed E-state index contributed by atoms with van der Waals surface area (Å²) in [5.41, 5.74) is 2.38. The molecule has 0 saturated heterocycles. The quantitative estimate of drug-likeness (QED) is 0.478. The number of ether oxygens (including phenoxy) is 1. The molecule has 0 saturated carbocycles. The average molecular weight is 418 g/mol. The molecule has 0 aliphatic heterocycles. The second-order valence-corrected chi connectivity index (χ2v) is 7.81. The number of carbonyl (C=O) groups is 2. The fraction of sp³-hybridized carbons (Fsp3) is 0.435. The number of hydrogen-bond donors (Lipinski definition) is 0. The highest BCUT2D eigenvalue weighted by Crippen LogP contribution is 2.33. The van der Waals surface area contributed by atoms with Gasteiger partial charge in [0.15, 0.2) is 0 Å². The first kappa shape index (κ1) is 23.1. The maximum Gasteiger partial charge on any atom is 0.340 e. The van der Waals surface area contributed by atoms with Crippen LogP contribution in [-0.2, 0) is 17.6 Å². The Hall–Kier alpha value is -2.21. The Bertz CT molecular complexity index is 883. The molecular formula is C23H28FNO3S. The minimum Gasteiger partial charge on any atom is -0.462 e. The molecule has 0 amide bonds. The number of hydrogen-bond acceptors (Lipinski definition) is 5. The molecule has 0 unspecified atom stereocenters. The molecule has 0 N–H and O–H groups in total. The second kappa shape index (κ2) is 11.1. The van der Waals surface area contributed by atoms with Gasteiger partial charge in [-0.1, -0.05) is 58.0 Å². The molecule has 1 heterocycles. The molecule has 29 heavy (non-hydrogen) atoms.